The smallest absolute Gasteiger partial charge is 0.352 e. The molecule has 8 heteroatoms. The van der Waals surface area contributed by atoms with Crippen molar-refractivity contribution in [2.24, 2.45) is 11.7 Å². The number of aliphatic hydroxyl groups is 1. The minimum atomic E-state index is -1.16. The van der Waals surface area contributed by atoms with Gasteiger partial charge in [-0.15, -0.1) is 0 Å². The van der Waals surface area contributed by atoms with Crippen molar-refractivity contribution in [1.29, 1.82) is 0 Å². The first-order chi connectivity index (χ1) is 10.3. The summed E-state index contributed by atoms with van der Waals surface area (Å²) >= 11 is 6.38. The molecule has 1 saturated heterocycles. The fraction of sp³-hybridized carbons (Fsp3) is 0.357. The van der Waals surface area contributed by atoms with Gasteiger partial charge in [-0.2, -0.15) is 11.3 Å². The van der Waals surface area contributed by atoms with Crippen LogP contribution in [0.5, 0.6) is 0 Å². The maximum absolute atomic E-state index is 12.2. The highest BCUT2D eigenvalue weighted by Crippen LogP contribution is 2.47. The summed E-state index contributed by atoms with van der Waals surface area (Å²) in [6.07, 6.45) is -0.421. The second-order valence-electron chi connectivity index (χ2n) is 5.44. The second-order valence-corrected chi connectivity index (χ2v) is 6.63. The molecule has 0 saturated carbocycles. The summed E-state index contributed by atoms with van der Waals surface area (Å²) in [4.78, 5) is 25.2. The lowest BCUT2D eigenvalue weighted by Gasteiger charge is -2.44. The van der Waals surface area contributed by atoms with Crippen LogP contribution in [0.3, 0.4) is 0 Å². The Bertz CT molecular complexity index is 722. The number of aliphatic hydroxyl groups excluding tert-OH is 1. The van der Waals surface area contributed by atoms with Gasteiger partial charge in [0, 0.05) is 16.5 Å². The van der Waals surface area contributed by atoms with Crippen molar-refractivity contribution in [1.82, 2.24) is 4.90 Å². The highest BCUT2D eigenvalue weighted by Gasteiger charge is 2.56. The summed E-state index contributed by atoms with van der Waals surface area (Å²) in [5.41, 5.74) is 7.50. The van der Waals surface area contributed by atoms with E-state index in [0.29, 0.717) is 23.1 Å². The Morgan fingerprint density at radius 3 is 2.77 bits per heavy atom. The highest BCUT2D eigenvalue weighted by molar-refractivity contribution is 7.80. The number of carbonyl (C=O) groups is 2. The number of thiophene rings is 1. The zero-order valence-electron chi connectivity index (χ0n) is 11.6. The second kappa shape index (κ2) is 5.15. The average molecular weight is 338 g/mol. The number of fused-ring (bicyclic) bond motifs is 1. The van der Waals surface area contributed by atoms with Crippen molar-refractivity contribution >= 4 is 46.0 Å². The van der Waals surface area contributed by atoms with Gasteiger partial charge >= 0.3 is 5.97 Å². The molecule has 2 unspecified atom stereocenters. The fourth-order valence-corrected chi connectivity index (χ4v) is 4.34. The van der Waals surface area contributed by atoms with E-state index in [0.717, 1.165) is 0 Å². The van der Waals surface area contributed by atoms with Crippen LogP contribution >= 0.6 is 23.6 Å². The topological polar surface area (TPSA) is 104 Å². The van der Waals surface area contributed by atoms with E-state index in [4.69, 9.17) is 18.0 Å². The predicted octanol–water partition coefficient (Wildman–Crippen LogP) is 0.789. The number of nitrogens with zero attached hydrogens (tertiary/aromatic N) is 1. The highest BCUT2D eigenvalue weighted by atomic mass is 32.1. The number of carboxylic acid groups (broad SMARTS) is 1. The zero-order valence-corrected chi connectivity index (χ0v) is 13.3. The molecule has 1 aromatic heterocycles. The molecule has 3 heterocycles. The molecule has 3 rings (SSSR count). The monoisotopic (exact) mass is 338 g/mol. The maximum atomic E-state index is 12.2. The SMILES string of the molecule is C[C@@H](O)C1C(=O)N2C(C(=O)O)=C(c3cscc3C(N)=S)CC12. The predicted molar refractivity (Wildman–Crippen MR) is 85.2 cm³/mol. The lowest BCUT2D eigenvalue weighted by atomic mass is 9.82. The number of thiocarbonyl (C=S) groups is 1. The Hall–Kier alpha value is -1.77. The van der Waals surface area contributed by atoms with E-state index in [2.05, 4.69) is 0 Å². The van der Waals surface area contributed by atoms with E-state index in [1.54, 1.807) is 17.7 Å². The van der Waals surface area contributed by atoms with Crippen LogP contribution in [0.4, 0.5) is 0 Å². The molecule has 22 heavy (non-hydrogen) atoms. The van der Waals surface area contributed by atoms with Crippen molar-refractivity contribution in [3.63, 3.8) is 0 Å². The maximum Gasteiger partial charge on any atom is 0.352 e. The number of nitrogens with two attached hydrogens (primary N) is 1. The molecule has 1 fully saturated rings. The van der Waals surface area contributed by atoms with Gasteiger partial charge in [0.2, 0.25) is 5.91 Å². The Labute approximate surface area is 135 Å². The van der Waals surface area contributed by atoms with Crippen LogP contribution in [0.15, 0.2) is 16.5 Å². The van der Waals surface area contributed by atoms with Crippen molar-refractivity contribution in [3.8, 4) is 0 Å². The summed E-state index contributed by atoms with van der Waals surface area (Å²) in [5.74, 6) is -2.06. The molecule has 4 N–H and O–H groups in total. The molecule has 6 nitrogen and oxygen atoms in total. The standard InChI is InChI=1S/C14H14N2O4S2/c1-5(17)10-9-2-6(7-3-22-4-8(7)12(15)21)11(14(19)20)16(9)13(10)18/h3-5,9-10,17H,2H2,1H3,(H2,15,21)(H,19,20)/t5-,9?,10?/m1/s1. The summed E-state index contributed by atoms with van der Waals surface area (Å²) in [6, 6.07) is -0.312. The number of aliphatic carboxylic acids is 1. The molecule has 3 atom stereocenters. The third-order valence-electron chi connectivity index (χ3n) is 4.18. The zero-order chi connectivity index (χ0) is 16.2. The van der Waals surface area contributed by atoms with Crippen LogP contribution in [0, 0.1) is 5.92 Å². The number of rotatable bonds is 4. The van der Waals surface area contributed by atoms with Crippen molar-refractivity contribution < 1.29 is 19.8 Å². The van der Waals surface area contributed by atoms with Crippen LogP contribution in [0.1, 0.15) is 24.5 Å². The van der Waals surface area contributed by atoms with E-state index in [9.17, 15) is 19.8 Å². The van der Waals surface area contributed by atoms with Gasteiger partial charge in [-0.25, -0.2) is 4.79 Å². The Morgan fingerprint density at radius 1 is 1.55 bits per heavy atom. The lowest BCUT2D eigenvalue weighted by Crippen LogP contribution is -2.61. The Kier molecular flexibility index (Phi) is 3.54. The van der Waals surface area contributed by atoms with Gasteiger partial charge in [0.15, 0.2) is 0 Å². The van der Waals surface area contributed by atoms with Crippen LogP contribution in [0.25, 0.3) is 5.57 Å². The van der Waals surface area contributed by atoms with Crippen LogP contribution in [-0.4, -0.2) is 44.1 Å². The normalized spacial score (nSPS) is 25.0. The molecule has 0 aromatic carbocycles. The van der Waals surface area contributed by atoms with Crippen LogP contribution in [-0.2, 0) is 9.59 Å². The number of amides is 1. The molecule has 0 aliphatic carbocycles. The van der Waals surface area contributed by atoms with Gasteiger partial charge in [0.05, 0.1) is 18.1 Å². The van der Waals surface area contributed by atoms with Gasteiger partial charge in [-0.05, 0) is 24.3 Å². The van der Waals surface area contributed by atoms with Crippen molar-refractivity contribution in [3.05, 3.63) is 27.6 Å². The van der Waals surface area contributed by atoms with Crippen molar-refractivity contribution in [2.75, 3.05) is 0 Å². The molecule has 116 valence electrons. The molecular weight excluding hydrogens is 324 g/mol. The number of carboxylic acids is 1. The van der Waals surface area contributed by atoms with Crippen LogP contribution in [0.2, 0.25) is 0 Å². The lowest BCUT2D eigenvalue weighted by molar-refractivity contribution is -0.161. The van der Waals surface area contributed by atoms with E-state index < -0.39 is 18.0 Å². The first kappa shape index (κ1) is 15.1. The van der Waals surface area contributed by atoms with Gasteiger partial charge in [0.1, 0.15) is 10.7 Å². The molecule has 1 aromatic rings. The largest absolute Gasteiger partial charge is 0.477 e. The van der Waals surface area contributed by atoms with Crippen molar-refractivity contribution in [2.45, 2.75) is 25.5 Å². The molecular formula is C14H14N2O4S2. The van der Waals surface area contributed by atoms with E-state index in [1.165, 1.54) is 16.2 Å². The van der Waals surface area contributed by atoms with Gasteiger partial charge < -0.3 is 20.8 Å². The third-order valence-corrected chi connectivity index (χ3v) is 5.15. The first-order valence-electron chi connectivity index (χ1n) is 6.68. The summed E-state index contributed by atoms with van der Waals surface area (Å²) in [6.45, 7) is 1.55. The Balaban J connectivity index is 2.08. The fourth-order valence-electron chi connectivity index (χ4n) is 3.23. The molecule has 0 bridgehead atoms. The Morgan fingerprint density at radius 2 is 2.23 bits per heavy atom. The summed E-state index contributed by atoms with van der Waals surface area (Å²) in [7, 11) is 0. The average Bonchev–Trinajstić information content (AvgIpc) is 2.99. The quantitative estimate of drug-likeness (QED) is 0.554. The number of β-lactam (4-membered cyclic amide) rings is 1. The minimum Gasteiger partial charge on any atom is -0.477 e. The van der Waals surface area contributed by atoms with E-state index >= 15 is 0 Å². The minimum absolute atomic E-state index is 0.0252. The third kappa shape index (κ3) is 1.98. The number of hydrogen-bond acceptors (Lipinski definition) is 5. The van der Waals surface area contributed by atoms with E-state index in [-0.39, 0.29) is 22.6 Å². The van der Waals surface area contributed by atoms with Gasteiger partial charge in [-0.3, -0.25) is 4.79 Å². The van der Waals surface area contributed by atoms with Gasteiger partial charge in [0.25, 0.3) is 0 Å². The number of carbonyl (C=O) groups excluding carboxylic acids is 1. The molecule has 1 amide bonds. The number of hydrogen-bond donors (Lipinski definition) is 3. The molecule has 0 spiro atoms. The van der Waals surface area contributed by atoms with Crippen LogP contribution < -0.4 is 5.73 Å². The first-order valence-corrected chi connectivity index (χ1v) is 8.03. The molecule has 0 radical (unpaired) electrons. The van der Waals surface area contributed by atoms with E-state index in [1.807, 2.05) is 0 Å². The summed E-state index contributed by atoms with van der Waals surface area (Å²) < 4.78 is 0. The summed E-state index contributed by atoms with van der Waals surface area (Å²) in [5, 5.41) is 22.8. The molecule has 2 aliphatic heterocycles. The molecule has 2 aliphatic rings. The van der Waals surface area contributed by atoms with Gasteiger partial charge in [-0.1, -0.05) is 12.2 Å².